The van der Waals surface area contributed by atoms with Gasteiger partial charge in [0, 0.05) is 29.7 Å². The summed E-state index contributed by atoms with van der Waals surface area (Å²) in [5.41, 5.74) is 0.222. The van der Waals surface area contributed by atoms with Crippen LogP contribution in [0.3, 0.4) is 0 Å². The number of phenols is 1. The van der Waals surface area contributed by atoms with Crippen molar-refractivity contribution in [3.63, 3.8) is 0 Å². The molecule has 2 heterocycles. The number of aromatic hydroxyl groups is 1. The van der Waals surface area contributed by atoms with E-state index >= 15 is 0 Å². The van der Waals surface area contributed by atoms with E-state index in [0.717, 1.165) is 0 Å². The number of ether oxygens (including phenoxy) is 1. The van der Waals surface area contributed by atoms with Gasteiger partial charge in [-0.2, -0.15) is 4.31 Å². The highest BCUT2D eigenvalue weighted by Gasteiger charge is 2.31. The molecule has 1 saturated heterocycles. The normalized spacial score (nSPS) is 15.1. The van der Waals surface area contributed by atoms with Crippen LogP contribution in [0, 0.1) is 0 Å². The molecule has 0 aliphatic carbocycles. The van der Waals surface area contributed by atoms with Gasteiger partial charge in [-0.25, -0.2) is 13.2 Å². The predicted molar refractivity (Wildman–Crippen MR) is 115 cm³/mol. The standard InChI is InChI=1S/C20H18ClN3O6S/c21-12-4-5-14-13(10-12)19(23-15-2-1-3-16(25)18(15)20(26)27)17(11-22-14)31(28,29)24-6-8-30-9-7-24/h1-5,10-11,25H,6-9H2,(H,22,23)(H,26,27). The number of carbonyl (C=O) groups is 1. The summed E-state index contributed by atoms with van der Waals surface area (Å²) < 4.78 is 33.3. The number of nitrogens with one attached hydrogen (secondary N) is 1. The molecule has 0 unspecified atom stereocenters. The molecule has 1 aliphatic heterocycles. The lowest BCUT2D eigenvalue weighted by atomic mass is 10.1. The van der Waals surface area contributed by atoms with Crippen LogP contribution in [0.5, 0.6) is 5.75 Å². The number of benzene rings is 2. The minimum absolute atomic E-state index is 0.0263. The second-order valence-corrected chi connectivity index (χ2v) is 9.15. The van der Waals surface area contributed by atoms with Crippen molar-refractivity contribution in [2.75, 3.05) is 31.6 Å². The Morgan fingerprint density at radius 1 is 1.19 bits per heavy atom. The average molecular weight is 464 g/mol. The number of morpholine rings is 1. The first-order valence-corrected chi connectivity index (χ1v) is 11.1. The first-order chi connectivity index (χ1) is 14.8. The molecule has 3 N–H and O–H groups in total. The molecular weight excluding hydrogens is 446 g/mol. The molecule has 0 amide bonds. The van der Waals surface area contributed by atoms with Crippen molar-refractivity contribution in [1.29, 1.82) is 0 Å². The molecule has 2 aromatic carbocycles. The number of rotatable bonds is 5. The van der Waals surface area contributed by atoms with Crippen LogP contribution in [-0.4, -0.2) is 60.2 Å². The molecule has 0 spiro atoms. The third-order valence-electron chi connectivity index (χ3n) is 4.90. The van der Waals surface area contributed by atoms with E-state index in [1.807, 2.05) is 0 Å². The third kappa shape index (κ3) is 4.02. The number of pyridine rings is 1. The van der Waals surface area contributed by atoms with Gasteiger partial charge in [0.2, 0.25) is 10.0 Å². The molecule has 0 atom stereocenters. The summed E-state index contributed by atoms with van der Waals surface area (Å²) >= 11 is 6.15. The van der Waals surface area contributed by atoms with Crippen LogP contribution in [-0.2, 0) is 14.8 Å². The Kier molecular flexibility index (Phi) is 5.71. The maximum absolute atomic E-state index is 13.4. The SMILES string of the molecule is O=C(O)c1c(O)cccc1Nc1c(S(=O)(=O)N2CCOCC2)cnc2ccc(Cl)cc12. The fourth-order valence-electron chi connectivity index (χ4n) is 3.40. The van der Waals surface area contributed by atoms with Gasteiger partial charge in [0.1, 0.15) is 16.2 Å². The number of hydrogen-bond donors (Lipinski definition) is 3. The number of hydrogen-bond acceptors (Lipinski definition) is 7. The minimum atomic E-state index is -3.98. The van der Waals surface area contributed by atoms with Crippen LogP contribution in [0.15, 0.2) is 47.5 Å². The molecule has 0 bridgehead atoms. The van der Waals surface area contributed by atoms with Crippen LogP contribution >= 0.6 is 11.6 Å². The van der Waals surface area contributed by atoms with Crippen LogP contribution in [0.4, 0.5) is 11.4 Å². The summed E-state index contributed by atoms with van der Waals surface area (Å²) in [5, 5.41) is 23.2. The van der Waals surface area contributed by atoms with Gasteiger partial charge in [-0.15, -0.1) is 0 Å². The lowest BCUT2D eigenvalue weighted by Gasteiger charge is -2.27. The largest absolute Gasteiger partial charge is 0.507 e. The van der Waals surface area contributed by atoms with E-state index in [9.17, 15) is 23.4 Å². The summed E-state index contributed by atoms with van der Waals surface area (Å²) in [6.45, 7) is 0.902. The molecule has 1 fully saturated rings. The molecule has 0 saturated carbocycles. The van der Waals surface area contributed by atoms with E-state index < -0.39 is 21.7 Å². The zero-order chi connectivity index (χ0) is 22.2. The Labute approximate surface area is 182 Å². The lowest BCUT2D eigenvalue weighted by molar-refractivity contribution is 0.0695. The van der Waals surface area contributed by atoms with Gasteiger partial charge in [0.05, 0.1) is 30.1 Å². The molecule has 31 heavy (non-hydrogen) atoms. The van der Waals surface area contributed by atoms with Gasteiger partial charge in [0.25, 0.3) is 0 Å². The Balaban J connectivity index is 1.95. The fourth-order valence-corrected chi connectivity index (χ4v) is 5.09. The van der Waals surface area contributed by atoms with Crippen molar-refractivity contribution in [1.82, 2.24) is 9.29 Å². The lowest BCUT2D eigenvalue weighted by Crippen LogP contribution is -2.40. The summed E-state index contributed by atoms with van der Waals surface area (Å²) in [6, 6.07) is 8.93. The summed E-state index contributed by atoms with van der Waals surface area (Å²) in [7, 11) is -3.98. The van der Waals surface area contributed by atoms with Crippen molar-refractivity contribution in [3.05, 3.63) is 53.2 Å². The van der Waals surface area contributed by atoms with E-state index in [2.05, 4.69) is 10.3 Å². The minimum Gasteiger partial charge on any atom is -0.507 e. The Morgan fingerprint density at radius 2 is 1.94 bits per heavy atom. The van der Waals surface area contributed by atoms with Gasteiger partial charge in [0.15, 0.2) is 0 Å². The monoisotopic (exact) mass is 463 g/mol. The van der Waals surface area contributed by atoms with Crippen LogP contribution in [0.25, 0.3) is 10.9 Å². The van der Waals surface area contributed by atoms with Crippen molar-refractivity contribution in [2.24, 2.45) is 0 Å². The van der Waals surface area contributed by atoms with Gasteiger partial charge in [-0.05, 0) is 30.3 Å². The number of sulfonamides is 1. The molecule has 1 aromatic heterocycles. The van der Waals surface area contributed by atoms with E-state index in [1.165, 1.54) is 28.7 Å². The number of nitrogens with zero attached hydrogens (tertiary/aromatic N) is 2. The van der Waals surface area contributed by atoms with Crippen LogP contribution in [0.1, 0.15) is 10.4 Å². The molecule has 1 aliphatic rings. The number of carboxylic acid groups (broad SMARTS) is 1. The van der Waals surface area contributed by atoms with Gasteiger partial charge < -0.3 is 20.3 Å². The van der Waals surface area contributed by atoms with E-state index in [-0.39, 0.29) is 48.1 Å². The Morgan fingerprint density at radius 3 is 2.65 bits per heavy atom. The average Bonchev–Trinajstić information content (AvgIpc) is 2.74. The van der Waals surface area contributed by atoms with Gasteiger partial charge in [-0.3, -0.25) is 4.98 Å². The molecule has 9 nitrogen and oxygen atoms in total. The third-order valence-corrected chi connectivity index (χ3v) is 7.04. The Hall–Kier alpha value is -2.92. The molecule has 3 aromatic rings. The van der Waals surface area contributed by atoms with Crippen molar-refractivity contribution in [2.45, 2.75) is 4.90 Å². The number of carboxylic acids is 1. The summed E-state index contributed by atoms with van der Waals surface area (Å²) in [6.07, 6.45) is 1.23. The van der Waals surface area contributed by atoms with E-state index in [4.69, 9.17) is 16.3 Å². The predicted octanol–water partition coefficient (Wildman–Crippen LogP) is 3.06. The maximum Gasteiger partial charge on any atom is 0.341 e. The smallest absolute Gasteiger partial charge is 0.341 e. The number of fused-ring (bicyclic) bond motifs is 1. The number of anilines is 2. The highest BCUT2D eigenvalue weighted by Crippen LogP contribution is 2.37. The van der Waals surface area contributed by atoms with Crippen molar-refractivity contribution < 1.29 is 28.2 Å². The highest BCUT2D eigenvalue weighted by molar-refractivity contribution is 7.89. The van der Waals surface area contributed by atoms with Crippen LogP contribution in [0.2, 0.25) is 5.02 Å². The summed E-state index contributed by atoms with van der Waals surface area (Å²) in [5.74, 6) is -1.82. The zero-order valence-corrected chi connectivity index (χ0v) is 17.7. The fraction of sp³-hybridized carbons (Fsp3) is 0.200. The van der Waals surface area contributed by atoms with Gasteiger partial charge >= 0.3 is 5.97 Å². The van der Waals surface area contributed by atoms with Gasteiger partial charge in [-0.1, -0.05) is 17.7 Å². The maximum atomic E-state index is 13.4. The van der Waals surface area contributed by atoms with Crippen LogP contribution < -0.4 is 5.32 Å². The van der Waals surface area contributed by atoms with Crippen molar-refractivity contribution in [3.8, 4) is 5.75 Å². The molecule has 0 radical (unpaired) electrons. The number of halogens is 1. The topological polar surface area (TPSA) is 129 Å². The number of aromatic nitrogens is 1. The summed E-state index contributed by atoms with van der Waals surface area (Å²) in [4.78, 5) is 15.8. The molecule has 4 rings (SSSR count). The van der Waals surface area contributed by atoms with E-state index in [0.29, 0.717) is 15.9 Å². The second kappa shape index (κ2) is 8.31. The molecule has 11 heteroatoms. The molecular formula is C20H18ClN3O6S. The first-order valence-electron chi connectivity index (χ1n) is 9.27. The number of aromatic carboxylic acids is 1. The highest BCUT2D eigenvalue weighted by atomic mass is 35.5. The zero-order valence-electron chi connectivity index (χ0n) is 16.1. The second-order valence-electron chi connectivity index (χ2n) is 6.81. The molecule has 162 valence electrons. The first kappa shape index (κ1) is 21.3. The van der Waals surface area contributed by atoms with E-state index in [1.54, 1.807) is 18.2 Å². The quantitative estimate of drug-likeness (QED) is 0.526. The Bertz CT molecular complexity index is 1280. The van der Waals surface area contributed by atoms with Crippen molar-refractivity contribution >= 4 is 49.9 Å².